The highest BCUT2D eigenvalue weighted by atomic mass is 79.9. The fraction of sp³-hybridized carbons (Fsp3) is 0.0769. The number of amides is 1. The van der Waals surface area contributed by atoms with Crippen molar-refractivity contribution in [3.05, 3.63) is 57.8 Å². The highest BCUT2D eigenvalue weighted by Crippen LogP contribution is 2.24. The predicted molar refractivity (Wildman–Crippen MR) is 71.0 cm³/mol. The Morgan fingerprint density at radius 1 is 1.26 bits per heavy atom. The molecule has 0 saturated heterocycles. The molecule has 0 radical (unpaired) electrons. The number of nitrogens with zero attached hydrogens (tertiary/aromatic N) is 1. The minimum atomic E-state index is -0.847. The normalized spacial score (nSPS) is 10.3. The maximum Gasteiger partial charge on any atom is 0.257 e. The van der Waals surface area contributed by atoms with E-state index in [0.717, 1.165) is 17.8 Å². The van der Waals surface area contributed by atoms with Gasteiger partial charge in [-0.05, 0) is 31.2 Å². The van der Waals surface area contributed by atoms with Gasteiger partial charge in [-0.2, -0.15) is 0 Å². The van der Waals surface area contributed by atoms with Crippen LogP contribution >= 0.6 is 15.9 Å². The molecule has 0 bridgehead atoms. The van der Waals surface area contributed by atoms with Gasteiger partial charge in [0.1, 0.15) is 5.69 Å². The lowest BCUT2D eigenvalue weighted by Gasteiger charge is -2.08. The van der Waals surface area contributed by atoms with Crippen LogP contribution in [0.25, 0.3) is 0 Å². The van der Waals surface area contributed by atoms with Gasteiger partial charge >= 0.3 is 0 Å². The molecule has 98 valence electrons. The summed E-state index contributed by atoms with van der Waals surface area (Å²) in [6.45, 7) is 1.77. The number of aromatic nitrogens is 1. The van der Waals surface area contributed by atoms with Crippen LogP contribution in [0.3, 0.4) is 0 Å². The van der Waals surface area contributed by atoms with Crippen molar-refractivity contribution in [3.63, 3.8) is 0 Å². The largest absolute Gasteiger partial charge is 0.317 e. The van der Waals surface area contributed by atoms with Gasteiger partial charge < -0.3 is 5.32 Å². The van der Waals surface area contributed by atoms with Gasteiger partial charge in [0.25, 0.3) is 5.91 Å². The number of halogens is 3. The third-order valence-corrected chi connectivity index (χ3v) is 2.88. The van der Waals surface area contributed by atoms with Crippen LogP contribution in [0.5, 0.6) is 0 Å². The average molecular weight is 327 g/mol. The van der Waals surface area contributed by atoms with Gasteiger partial charge in [-0.3, -0.25) is 9.78 Å². The van der Waals surface area contributed by atoms with Crippen molar-refractivity contribution in [1.29, 1.82) is 0 Å². The van der Waals surface area contributed by atoms with Crippen molar-refractivity contribution >= 4 is 27.5 Å². The number of nitrogens with one attached hydrogen (secondary N) is 1. The van der Waals surface area contributed by atoms with Gasteiger partial charge in [-0.25, -0.2) is 8.78 Å². The van der Waals surface area contributed by atoms with Crippen LogP contribution in [-0.2, 0) is 0 Å². The van der Waals surface area contributed by atoms with E-state index in [9.17, 15) is 13.6 Å². The Balaban J connectivity index is 2.26. The van der Waals surface area contributed by atoms with Crippen LogP contribution < -0.4 is 5.32 Å². The Kier molecular flexibility index (Phi) is 3.90. The molecule has 1 aromatic carbocycles. The van der Waals surface area contributed by atoms with E-state index in [-0.39, 0.29) is 10.0 Å². The van der Waals surface area contributed by atoms with Crippen LogP contribution in [-0.4, -0.2) is 10.9 Å². The monoisotopic (exact) mass is 326 g/mol. The second-order valence-corrected chi connectivity index (χ2v) is 4.80. The minimum Gasteiger partial charge on any atom is -0.317 e. The molecule has 1 heterocycles. The van der Waals surface area contributed by atoms with Gasteiger partial charge in [-0.15, -0.1) is 0 Å². The fourth-order valence-electron chi connectivity index (χ4n) is 1.45. The average Bonchev–Trinajstić information content (AvgIpc) is 2.34. The molecule has 1 N–H and O–H groups in total. The van der Waals surface area contributed by atoms with E-state index in [1.54, 1.807) is 13.0 Å². The molecular formula is C13H9BrF2N2O. The smallest absolute Gasteiger partial charge is 0.257 e. The molecule has 1 aromatic heterocycles. The Hall–Kier alpha value is -1.82. The van der Waals surface area contributed by atoms with Crippen LogP contribution in [0.1, 0.15) is 16.1 Å². The first-order chi connectivity index (χ1) is 8.97. The summed E-state index contributed by atoms with van der Waals surface area (Å²) in [6.07, 6.45) is 1.35. The van der Waals surface area contributed by atoms with Crippen molar-refractivity contribution in [2.75, 3.05) is 5.32 Å². The lowest BCUT2D eigenvalue weighted by Crippen LogP contribution is -2.14. The van der Waals surface area contributed by atoms with Gasteiger partial charge in [0.2, 0.25) is 0 Å². The third kappa shape index (κ3) is 3.14. The third-order valence-electron chi connectivity index (χ3n) is 2.42. The number of anilines is 1. The Labute approximate surface area is 116 Å². The SMILES string of the molecule is Cc1ccc(C(=O)Nc2c(F)cc(Br)cc2F)cn1. The standard InChI is InChI=1S/C13H9BrF2N2O/c1-7-2-3-8(6-17-7)13(19)18-12-10(15)4-9(14)5-11(12)16/h2-6H,1H3,(H,18,19). The van der Waals surface area contributed by atoms with Crippen molar-refractivity contribution in [2.24, 2.45) is 0 Å². The number of carbonyl (C=O) groups excluding carboxylic acids is 1. The summed E-state index contributed by atoms with van der Waals surface area (Å²) in [5.74, 6) is -2.31. The molecule has 0 fully saturated rings. The zero-order chi connectivity index (χ0) is 14.0. The minimum absolute atomic E-state index is 0.229. The van der Waals surface area contributed by atoms with Crippen LogP contribution in [0.15, 0.2) is 34.9 Å². The summed E-state index contributed by atoms with van der Waals surface area (Å²) < 4.78 is 27.4. The lowest BCUT2D eigenvalue weighted by atomic mass is 10.2. The molecule has 0 saturated carbocycles. The lowest BCUT2D eigenvalue weighted by molar-refractivity contribution is 0.102. The molecule has 0 aliphatic carbocycles. The second kappa shape index (κ2) is 5.44. The second-order valence-electron chi connectivity index (χ2n) is 3.89. The molecule has 6 heteroatoms. The summed E-state index contributed by atoms with van der Waals surface area (Å²) in [4.78, 5) is 15.8. The number of pyridine rings is 1. The molecule has 2 aromatic rings. The van der Waals surface area contributed by atoms with Crippen molar-refractivity contribution in [3.8, 4) is 0 Å². The Morgan fingerprint density at radius 3 is 2.42 bits per heavy atom. The molecule has 3 nitrogen and oxygen atoms in total. The van der Waals surface area contributed by atoms with Crippen LogP contribution in [0.2, 0.25) is 0 Å². The molecule has 19 heavy (non-hydrogen) atoms. The van der Waals surface area contributed by atoms with Crippen molar-refractivity contribution < 1.29 is 13.6 Å². The van der Waals surface area contributed by atoms with Crippen molar-refractivity contribution in [2.45, 2.75) is 6.92 Å². The Bertz CT molecular complexity index is 606. The zero-order valence-corrected chi connectivity index (χ0v) is 11.5. The van der Waals surface area contributed by atoms with Crippen molar-refractivity contribution in [1.82, 2.24) is 4.98 Å². The molecule has 0 spiro atoms. The first kappa shape index (κ1) is 13.6. The number of benzene rings is 1. The van der Waals surface area contributed by atoms with E-state index in [1.165, 1.54) is 12.3 Å². The zero-order valence-electron chi connectivity index (χ0n) is 9.88. The van der Waals surface area contributed by atoms with Gasteiger partial charge in [0.05, 0.1) is 5.56 Å². The molecule has 2 rings (SSSR count). The topological polar surface area (TPSA) is 42.0 Å². The summed E-state index contributed by atoms with van der Waals surface area (Å²) >= 11 is 2.96. The highest BCUT2D eigenvalue weighted by Gasteiger charge is 2.14. The fourth-order valence-corrected chi connectivity index (χ4v) is 1.85. The summed E-state index contributed by atoms with van der Waals surface area (Å²) in [5, 5.41) is 2.19. The molecule has 0 atom stereocenters. The molecular weight excluding hydrogens is 318 g/mol. The maximum absolute atomic E-state index is 13.6. The summed E-state index contributed by atoms with van der Waals surface area (Å²) in [7, 11) is 0. The predicted octanol–water partition coefficient (Wildman–Crippen LogP) is 3.68. The van der Waals surface area contributed by atoms with E-state index in [0.29, 0.717) is 0 Å². The van der Waals surface area contributed by atoms with Crippen LogP contribution in [0, 0.1) is 18.6 Å². The van der Waals surface area contributed by atoms with E-state index in [2.05, 4.69) is 26.2 Å². The molecule has 0 unspecified atom stereocenters. The maximum atomic E-state index is 13.6. The van der Waals surface area contributed by atoms with E-state index in [1.807, 2.05) is 0 Å². The number of hydrogen-bond acceptors (Lipinski definition) is 2. The van der Waals surface area contributed by atoms with Gasteiger partial charge in [-0.1, -0.05) is 15.9 Å². The van der Waals surface area contributed by atoms with E-state index >= 15 is 0 Å². The van der Waals surface area contributed by atoms with Gasteiger partial charge in [0, 0.05) is 16.4 Å². The number of hydrogen-bond donors (Lipinski definition) is 1. The van der Waals surface area contributed by atoms with E-state index in [4.69, 9.17) is 0 Å². The summed E-state index contributed by atoms with van der Waals surface area (Å²) in [5.41, 5.74) is 0.499. The molecule has 1 amide bonds. The molecule has 0 aliphatic heterocycles. The van der Waals surface area contributed by atoms with Gasteiger partial charge in [0.15, 0.2) is 11.6 Å². The summed E-state index contributed by atoms with van der Waals surface area (Å²) in [6, 6.07) is 5.33. The number of rotatable bonds is 2. The first-order valence-corrected chi connectivity index (χ1v) is 6.15. The number of aryl methyl sites for hydroxylation is 1. The number of carbonyl (C=O) groups is 1. The quantitative estimate of drug-likeness (QED) is 0.914. The molecule has 0 aliphatic rings. The van der Waals surface area contributed by atoms with Crippen LogP contribution in [0.4, 0.5) is 14.5 Å². The highest BCUT2D eigenvalue weighted by molar-refractivity contribution is 9.10. The Morgan fingerprint density at radius 2 is 1.89 bits per heavy atom. The van der Waals surface area contributed by atoms with E-state index < -0.39 is 23.2 Å². The first-order valence-electron chi connectivity index (χ1n) is 5.36.